The Labute approximate surface area is 195 Å². The topological polar surface area (TPSA) is 62.5 Å². The van der Waals surface area contributed by atoms with Gasteiger partial charge in [0.15, 0.2) is 0 Å². The fourth-order valence-electron chi connectivity index (χ4n) is 5.24. The maximum Gasteiger partial charge on any atom is 0.343 e. The number of aromatic hydroxyl groups is 1. The van der Waals surface area contributed by atoms with Crippen LogP contribution in [-0.2, 0) is 19.3 Å². The quantitative estimate of drug-likeness (QED) is 0.456. The van der Waals surface area contributed by atoms with Gasteiger partial charge in [0.2, 0.25) is 0 Å². The Morgan fingerprint density at radius 3 is 2.55 bits per heavy atom. The van der Waals surface area contributed by atoms with Crippen molar-refractivity contribution in [1.82, 2.24) is 0 Å². The summed E-state index contributed by atoms with van der Waals surface area (Å²) >= 11 is 0. The molecule has 0 radical (unpaired) electrons. The molecule has 33 heavy (non-hydrogen) atoms. The van der Waals surface area contributed by atoms with Crippen LogP contribution in [0.4, 0.5) is 5.69 Å². The van der Waals surface area contributed by atoms with E-state index >= 15 is 0 Å². The molecule has 2 N–H and O–H groups in total. The van der Waals surface area contributed by atoms with Crippen molar-refractivity contribution in [2.24, 2.45) is 5.92 Å². The largest absolute Gasteiger partial charge is 0.507 e. The average molecular weight is 444 g/mol. The number of benzene rings is 2. The molecule has 2 aliphatic carbocycles. The molecule has 1 heterocycles. The van der Waals surface area contributed by atoms with Gasteiger partial charge in [-0.2, -0.15) is 0 Å². The molecule has 1 unspecified atom stereocenters. The maximum absolute atomic E-state index is 13.1. The van der Waals surface area contributed by atoms with Gasteiger partial charge in [0.05, 0.1) is 5.56 Å². The van der Waals surface area contributed by atoms with Gasteiger partial charge in [-0.15, -0.1) is 0 Å². The molecule has 0 saturated heterocycles. The molecule has 0 amide bonds. The van der Waals surface area contributed by atoms with E-state index in [2.05, 4.69) is 47.8 Å². The van der Waals surface area contributed by atoms with Crippen molar-refractivity contribution >= 4 is 5.69 Å². The third-order valence-corrected chi connectivity index (χ3v) is 7.13. The molecule has 0 spiro atoms. The van der Waals surface area contributed by atoms with Crippen LogP contribution in [0.1, 0.15) is 72.5 Å². The van der Waals surface area contributed by atoms with Gasteiger partial charge in [-0.05, 0) is 67.7 Å². The van der Waals surface area contributed by atoms with Gasteiger partial charge in [0.25, 0.3) is 0 Å². The van der Waals surface area contributed by atoms with Crippen LogP contribution in [0.25, 0.3) is 0 Å². The molecule has 2 aromatic carbocycles. The van der Waals surface area contributed by atoms with E-state index in [0.717, 1.165) is 81.1 Å². The molecule has 3 aromatic rings. The van der Waals surface area contributed by atoms with E-state index in [1.54, 1.807) is 0 Å². The third-order valence-electron chi connectivity index (χ3n) is 7.13. The van der Waals surface area contributed by atoms with Gasteiger partial charge in [-0.1, -0.05) is 55.3 Å². The number of hydrogen-bond acceptors (Lipinski definition) is 4. The molecule has 0 bridgehead atoms. The maximum atomic E-state index is 13.1. The summed E-state index contributed by atoms with van der Waals surface area (Å²) in [7, 11) is 0. The van der Waals surface area contributed by atoms with Crippen molar-refractivity contribution in [2.45, 2.75) is 63.7 Å². The first-order valence-corrected chi connectivity index (χ1v) is 12.5. The summed E-state index contributed by atoms with van der Waals surface area (Å²) in [6, 6.07) is 18.8. The number of hydrogen-bond donors (Lipinski definition) is 2. The number of rotatable bonds is 7. The Kier molecular flexibility index (Phi) is 6.52. The van der Waals surface area contributed by atoms with Crippen molar-refractivity contribution in [2.75, 3.05) is 11.9 Å². The molecule has 4 heteroatoms. The lowest BCUT2D eigenvalue weighted by atomic mass is 9.85. The summed E-state index contributed by atoms with van der Waals surface area (Å²) in [6.45, 7) is 0.841. The third kappa shape index (κ3) is 5.00. The first-order chi connectivity index (χ1) is 16.2. The molecule has 172 valence electrons. The van der Waals surface area contributed by atoms with Crippen LogP contribution in [0.5, 0.6) is 5.75 Å². The first kappa shape index (κ1) is 21.8. The minimum atomic E-state index is -0.355. The van der Waals surface area contributed by atoms with Crippen molar-refractivity contribution in [1.29, 1.82) is 0 Å². The lowest BCUT2D eigenvalue weighted by Gasteiger charge is -2.22. The number of fused-ring (bicyclic) bond motifs is 1. The predicted molar refractivity (Wildman–Crippen MR) is 132 cm³/mol. The van der Waals surface area contributed by atoms with Crippen molar-refractivity contribution < 1.29 is 9.52 Å². The van der Waals surface area contributed by atoms with Gasteiger partial charge in [0.1, 0.15) is 11.5 Å². The lowest BCUT2D eigenvalue weighted by Crippen LogP contribution is -2.19. The Hall–Kier alpha value is -3.01. The van der Waals surface area contributed by atoms with E-state index in [1.165, 1.54) is 5.56 Å². The standard InChI is InChI=1S/C29H33NO3/c31-28-24-13-6-1-2-7-14-25(24)33-29(32)27(28)26(21-15-16-21)22-11-8-12-23(19-22)30-18-17-20-9-4-3-5-10-20/h3-5,8-12,19,21,26,30-31H,1-2,6-7,13-18H2. The van der Waals surface area contributed by atoms with Crippen LogP contribution in [0.15, 0.2) is 63.8 Å². The minimum absolute atomic E-state index is 0.118. The molecule has 0 aliphatic heterocycles. The molecule has 1 atom stereocenters. The van der Waals surface area contributed by atoms with Gasteiger partial charge < -0.3 is 14.8 Å². The summed E-state index contributed by atoms with van der Waals surface area (Å²) in [4.78, 5) is 13.1. The highest BCUT2D eigenvalue weighted by Gasteiger charge is 2.38. The predicted octanol–water partition coefficient (Wildman–Crippen LogP) is 6.20. The minimum Gasteiger partial charge on any atom is -0.507 e. The van der Waals surface area contributed by atoms with E-state index in [9.17, 15) is 9.90 Å². The van der Waals surface area contributed by atoms with Gasteiger partial charge in [0, 0.05) is 30.1 Å². The van der Waals surface area contributed by atoms with Crippen molar-refractivity contribution in [3.05, 3.63) is 93.0 Å². The van der Waals surface area contributed by atoms with E-state index in [4.69, 9.17) is 4.42 Å². The molecule has 1 saturated carbocycles. The van der Waals surface area contributed by atoms with E-state index < -0.39 is 0 Å². The number of aryl methyl sites for hydroxylation is 1. The summed E-state index contributed by atoms with van der Waals surface area (Å²) in [5.74, 6) is 1.16. The fourth-order valence-corrected chi connectivity index (χ4v) is 5.24. The highest BCUT2D eigenvalue weighted by Crippen LogP contribution is 2.49. The molecular weight excluding hydrogens is 410 g/mol. The van der Waals surface area contributed by atoms with Gasteiger partial charge in [-0.25, -0.2) is 4.79 Å². The van der Waals surface area contributed by atoms with Crippen LogP contribution < -0.4 is 10.9 Å². The molecule has 4 nitrogen and oxygen atoms in total. The smallest absolute Gasteiger partial charge is 0.343 e. The SMILES string of the molecule is O=c1oc2c(c(O)c1C(c1cccc(NCCc3ccccc3)c1)C1CC1)CCCCCC2. The summed E-state index contributed by atoms with van der Waals surface area (Å²) in [5.41, 5.74) is 4.41. The van der Waals surface area contributed by atoms with E-state index in [0.29, 0.717) is 17.2 Å². The van der Waals surface area contributed by atoms with Crippen LogP contribution in [0.2, 0.25) is 0 Å². The monoisotopic (exact) mass is 443 g/mol. The summed E-state index contributed by atoms with van der Waals surface area (Å²) in [6.07, 6.45) is 8.99. The van der Waals surface area contributed by atoms with Crippen LogP contribution >= 0.6 is 0 Å². The van der Waals surface area contributed by atoms with Crippen LogP contribution in [0.3, 0.4) is 0 Å². The van der Waals surface area contributed by atoms with Crippen molar-refractivity contribution in [3.8, 4) is 5.75 Å². The first-order valence-electron chi connectivity index (χ1n) is 12.5. The second kappa shape index (κ2) is 9.86. The fraction of sp³-hybridized carbons (Fsp3) is 0.414. The normalized spacial score (nSPS) is 17.0. The summed E-state index contributed by atoms with van der Waals surface area (Å²) in [5, 5.41) is 14.8. The average Bonchev–Trinajstić information content (AvgIpc) is 3.64. The number of anilines is 1. The number of nitrogens with one attached hydrogen (secondary N) is 1. The molecular formula is C29H33NO3. The molecule has 1 fully saturated rings. The Balaban J connectivity index is 1.42. The zero-order valence-electron chi connectivity index (χ0n) is 19.2. The van der Waals surface area contributed by atoms with Crippen LogP contribution in [-0.4, -0.2) is 11.7 Å². The Morgan fingerprint density at radius 2 is 1.76 bits per heavy atom. The molecule has 1 aromatic heterocycles. The van der Waals surface area contributed by atoms with Crippen LogP contribution in [0, 0.1) is 5.92 Å². The molecule has 5 rings (SSSR count). The second-order valence-corrected chi connectivity index (χ2v) is 9.57. The zero-order valence-corrected chi connectivity index (χ0v) is 19.2. The Morgan fingerprint density at radius 1 is 0.970 bits per heavy atom. The van der Waals surface area contributed by atoms with Gasteiger partial charge >= 0.3 is 5.63 Å². The van der Waals surface area contributed by atoms with E-state index in [1.807, 2.05) is 12.1 Å². The van der Waals surface area contributed by atoms with Crippen molar-refractivity contribution in [3.63, 3.8) is 0 Å². The Bertz CT molecular complexity index is 1150. The summed E-state index contributed by atoms with van der Waals surface area (Å²) < 4.78 is 5.84. The van der Waals surface area contributed by atoms with Gasteiger partial charge in [-0.3, -0.25) is 0 Å². The zero-order chi connectivity index (χ0) is 22.6. The van der Waals surface area contributed by atoms with E-state index in [-0.39, 0.29) is 17.3 Å². The second-order valence-electron chi connectivity index (χ2n) is 9.57. The lowest BCUT2D eigenvalue weighted by molar-refractivity contribution is 0.382. The highest BCUT2D eigenvalue weighted by molar-refractivity contribution is 5.52. The molecule has 2 aliphatic rings. The highest BCUT2D eigenvalue weighted by atomic mass is 16.4.